The topological polar surface area (TPSA) is 139 Å². The average Bonchev–Trinajstić information content (AvgIpc) is 3.69. The summed E-state index contributed by atoms with van der Waals surface area (Å²) in [6, 6.07) is 62.6. The van der Waals surface area contributed by atoms with Gasteiger partial charge in [-0.15, -0.1) is 0 Å². The fraction of sp³-hybridized carbons (Fsp3) is 0. The van der Waals surface area contributed by atoms with Gasteiger partial charge in [0.2, 0.25) is 0 Å². The number of benzene rings is 8. The quantitative estimate of drug-likeness (QED) is 0.156. The van der Waals surface area contributed by atoms with Gasteiger partial charge < -0.3 is 4.57 Å². The lowest BCUT2D eigenvalue weighted by atomic mass is 9.95. The molecule has 0 N–H and O–H groups in total. The van der Waals surface area contributed by atoms with Crippen LogP contribution in [0.2, 0.25) is 0 Å². The predicted molar refractivity (Wildman–Crippen MR) is 246 cm³/mol. The summed E-state index contributed by atoms with van der Waals surface area (Å²) >= 11 is 0. The van der Waals surface area contributed by atoms with Crippen molar-refractivity contribution in [2.45, 2.75) is 0 Å². The number of fused-ring (bicyclic) bond motifs is 3. The Labute approximate surface area is 366 Å². The number of hydrogen-bond donors (Lipinski definition) is 0. The van der Waals surface area contributed by atoms with Gasteiger partial charge in [0.15, 0.2) is 17.5 Å². The Balaban J connectivity index is 1.30. The summed E-state index contributed by atoms with van der Waals surface area (Å²) in [6.45, 7) is 0. The third kappa shape index (κ3) is 6.85. The molecule has 0 aliphatic rings. The van der Waals surface area contributed by atoms with Gasteiger partial charge in [0.1, 0.15) is 5.82 Å². The molecule has 2 aromatic heterocycles. The fourth-order valence-electron chi connectivity index (χ4n) is 8.23. The Morgan fingerprint density at radius 1 is 0.375 bits per heavy atom. The number of rotatable bonds is 7. The van der Waals surface area contributed by atoms with Gasteiger partial charge in [-0.1, -0.05) is 109 Å². The van der Waals surface area contributed by atoms with Crippen molar-refractivity contribution in [2.24, 2.45) is 0 Å². The molecule has 0 spiro atoms. The van der Waals surface area contributed by atoms with E-state index >= 15 is 4.39 Å². The van der Waals surface area contributed by atoms with Gasteiger partial charge in [-0.05, 0) is 94.5 Å². The summed E-state index contributed by atoms with van der Waals surface area (Å²) in [6.07, 6.45) is 0. The maximum atomic E-state index is 15.7. The molecule has 0 aliphatic carbocycles. The normalized spacial score (nSPS) is 10.8. The molecule has 2 heterocycles. The van der Waals surface area contributed by atoms with Gasteiger partial charge in [-0.2, -0.15) is 21.0 Å². The van der Waals surface area contributed by atoms with Crippen molar-refractivity contribution in [1.29, 1.82) is 21.0 Å². The van der Waals surface area contributed by atoms with Gasteiger partial charge in [0.25, 0.3) is 0 Å². The molecule has 0 amide bonds. The molecule has 9 heteroatoms. The van der Waals surface area contributed by atoms with Crippen molar-refractivity contribution in [3.8, 4) is 97.5 Å². The first-order chi connectivity index (χ1) is 31.4. The van der Waals surface area contributed by atoms with E-state index in [0.29, 0.717) is 73.2 Å². The lowest BCUT2D eigenvalue weighted by Crippen LogP contribution is -2.04. The number of nitrogens with zero attached hydrogens (tertiary/aromatic N) is 8. The molecule has 64 heavy (non-hydrogen) atoms. The van der Waals surface area contributed by atoms with Crippen molar-refractivity contribution < 1.29 is 4.39 Å². The second kappa shape index (κ2) is 16.1. The van der Waals surface area contributed by atoms with E-state index in [2.05, 4.69) is 28.8 Å². The van der Waals surface area contributed by atoms with Crippen molar-refractivity contribution in [3.05, 3.63) is 204 Å². The fourth-order valence-corrected chi connectivity index (χ4v) is 8.23. The first-order valence-corrected chi connectivity index (χ1v) is 20.2. The zero-order valence-corrected chi connectivity index (χ0v) is 33.7. The molecule has 10 aromatic rings. The molecular formula is C55H29FN8. The van der Waals surface area contributed by atoms with Gasteiger partial charge in [0, 0.05) is 33.0 Å². The van der Waals surface area contributed by atoms with Gasteiger partial charge >= 0.3 is 0 Å². The minimum absolute atomic E-state index is 0.359. The summed E-state index contributed by atoms with van der Waals surface area (Å²) in [5.41, 5.74) is 9.87. The van der Waals surface area contributed by atoms with E-state index in [9.17, 15) is 21.0 Å². The zero-order chi connectivity index (χ0) is 43.7. The minimum Gasteiger partial charge on any atom is -0.308 e. The van der Waals surface area contributed by atoms with Crippen LogP contribution in [0.5, 0.6) is 0 Å². The van der Waals surface area contributed by atoms with Crippen LogP contribution >= 0.6 is 0 Å². The molecule has 0 saturated heterocycles. The Morgan fingerprint density at radius 2 is 0.828 bits per heavy atom. The number of aromatic nitrogens is 4. The standard InChI is InChI=1S/C55H29FN8/c56-49-14-8-7-13-45(49)40-17-22-46(55-62-53(36-9-3-1-4-10-36)61-54(63-55)37-11-5-2-6-12-37)52(29-40)64-50-23-18-38(43-20-15-34(30-57)25-41(43)32-59)27-47(50)48-28-39(19-24-51(48)64)44-21-16-35(31-58)26-42(44)33-60/h1-29H. The monoisotopic (exact) mass is 820 g/mol. The van der Waals surface area contributed by atoms with Crippen LogP contribution in [0, 0.1) is 51.1 Å². The predicted octanol–water partition coefficient (Wildman–Crippen LogP) is 12.6. The molecular weight excluding hydrogens is 792 g/mol. The van der Waals surface area contributed by atoms with E-state index in [1.165, 1.54) is 6.07 Å². The van der Waals surface area contributed by atoms with Crippen LogP contribution in [0.1, 0.15) is 22.3 Å². The molecule has 10 rings (SSSR count). The third-order valence-corrected chi connectivity index (χ3v) is 11.3. The number of hydrogen-bond acceptors (Lipinski definition) is 7. The highest BCUT2D eigenvalue weighted by Gasteiger charge is 2.22. The van der Waals surface area contributed by atoms with Crippen molar-refractivity contribution in [2.75, 3.05) is 0 Å². The second-order valence-corrected chi connectivity index (χ2v) is 15.0. The van der Waals surface area contributed by atoms with Gasteiger partial charge in [-0.3, -0.25) is 0 Å². The number of halogens is 1. The van der Waals surface area contributed by atoms with Gasteiger partial charge in [-0.25, -0.2) is 19.3 Å². The van der Waals surface area contributed by atoms with Crippen LogP contribution in [0.4, 0.5) is 4.39 Å². The van der Waals surface area contributed by atoms with E-state index in [1.54, 1.807) is 54.6 Å². The Kier molecular flexibility index (Phi) is 9.75. The van der Waals surface area contributed by atoms with Crippen molar-refractivity contribution in [3.63, 3.8) is 0 Å². The first-order valence-electron chi connectivity index (χ1n) is 20.2. The maximum absolute atomic E-state index is 15.7. The molecule has 296 valence electrons. The summed E-state index contributed by atoms with van der Waals surface area (Å²) in [5, 5.41) is 41.2. The van der Waals surface area contributed by atoms with E-state index < -0.39 is 0 Å². The lowest BCUT2D eigenvalue weighted by Gasteiger charge is -2.17. The van der Waals surface area contributed by atoms with Crippen LogP contribution in [0.3, 0.4) is 0 Å². The Bertz CT molecular complexity index is 3490. The molecule has 0 bridgehead atoms. The van der Waals surface area contributed by atoms with Crippen LogP contribution in [-0.2, 0) is 0 Å². The second-order valence-electron chi connectivity index (χ2n) is 15.0. The lowest BCUT2D eigenvalue weighted by molar-refractivity contribution is 0.631. The van der Waals surface area contributed by atoms with E-state index in [1.807, 2.05) is 115 Å². The smallest absolute Gasteiger partial charge is 0.166 e. The largest absolute Gasteiger partial charge is 0.308 e. The summed E-state index contributed by atoms with van der Waals surface area (Å²) < 4.78 is 17.8. The maximum Gasteiger partial charge on any atom is 0.166 e. The highest BCUT2D eigenvalue weighted by atomic mass is 19.1. The van der Waals surface area contributed by atoms with E-state index in [-0.39, 0.29) is 5.82 Å². The molecule has 8 nitrogen and oxygen atoms in total. The van der Waals surface area contributed by atoms with Crippen LogP contribution in [0.15, 0.2) is 176 Å². The van der Waals surface area contributed by atoms with Crippen molar-refractivity contribution in [1.82, 2.24) is 19.5 Å². The van der Waals surface area contributed by atoms with E-state index in [4.69, 9.17) is 15.0 Å². The van der Waals surface area contributed by atoms with Crippen LogP contribution < -0.4 is 0 Å². The Hall–Kier alpha value is -9.54. The minimum atomic E-state index is -0.373. The molecule has 0 fully saturated rings. The summed E-state index contributed by atoms with van der Waals surface area (Å²) in [5.74, 6) is 0.994. The third-order valence-electron chi connectivity index (χ3n) is 11.3. The zero-order valence-electron chi connectivity index (χ0n) is 33.7. The summed E-state index contributed by atoms with van der Waals surface area (Å²) in [7, 11) is 0. The molecule has 0 saturated carbocycles. The van der Waals surface area contributed by atoms with Crippen LogP contribution in [0.25, 0.3) is 95.0 Å². The first kappa shape index (κ1) is 38.6. The molecule has 0 unspecified atom stereocenters. The average molecular weight is 821 g/mol. The van der Waals surface area contributed by atoms with Crippen molar-refractivity contribution >= 4 is 21.8 Å². The molecule has 0 aliphatic heterocycles. The SMILES string of the molecule is N#Cc1ccc(-c2ccc3c(c2)c2cc(-c4ccc(C#N)cc4C#N)ccc2n3-c2cc(-c3ccccc3F)ccc2-c2nc(-c3ccccc3)nc(-c3ccccc3)n2)c(C#N)c1. The molecule has 0 atom stereocenters. The highest BCUT2D eigenvalue weighted by Crippen LogP contribution is 2.42. The van der Waals surface area contributed by atoms with Crippen LogP contribution in [-0.4, -0.2) is 19.5 Å². The molecule has 0 radical (unpaired) electrons. The summed E-state index contributed by atoms with van der Waals surface area (Å²) in [4.78, 5) is 15.1. The Morgan fingerprint density at radius 3 is 1.33 bits per heavy atom. The highest BCUT2D eigenvalue weighted by molar-refractivity contribution is 6.12. The van der Waals surface area contributed by atoms with E-state index in [0.717, 1.165) is 44.1 Å². The molecule has 8 aromatic carbocycles. The number of nitriles is 4. The van der Waals surface area contributed by atoms with Gasteiger partial charge in [0.05, 0.1) is 63.3 Å².